The van der Waals surface area contributed by atoms with E-state index in [0.717, 1.165) is 44.3 Å². The Labute approximate surface area is 147 Å². The van der Waals surface area contributed by atoms with Gasteiger partial charge in [0.1, 0.15) is 11.9 Å². The molecule has 1 saturated heterocycles. The number of carbonyl (C=O) groups excluding carboxylic acids is 1. The smallest absolute Gasteiger partial charge is 0.254 e. The van der Waals surface area contributed by atoms with Crippen LogP contribution in [-0.2, 0) is 0 Å². The number of amides is 1. The zero-order valence-electron chi connectivity index (χ0n) is 14.6. The first-order chi connectivity index (χ1) is 12.2. The highest BCUT2D eigenvalue weighted by Crippen LogP contribution is 2.32. The molecule has 132 valence electrons. The van der Waals surface area contributed by atoms with Crippen molar-refractivity contribution >= 4 is 5.91 Å². The number of aromatic nitrogens is 4. The molecule has 1 amide bonds. The molecule has 1 aliphatic heterocycles. The van der Waals surface area contributed by atoms with Crippen LogP contribution in [0, 0.1) is 12.8 Å². The lowest BCUT2D eigenvalue weighted by atomic mass is 10.1. The van der Waals surface area contributed by atoms with Crippen LogP contribution < -0.4 is 0 Å². The zero-order chi connectivity index (χ0) is 17.2. The van der Waals surface area contributed by atoms with Crippen LogP contribution in [-0.4, -0.2) is 62.1 Å². The van der Waals surface area contributed by atoms with Gasteiger partial charge in [-0.15, -0.1) is 0 Å². The number of H-pyrrole nitrogens is 1. The monoisotopic (exact) mass is 340 g/mol. The Morgan fingerprint density at radius 3 is 2.76 bits per heavy atom. The number of aryl methyl sites for hydroxylation is 1. The van der Waals surface area contributed by atoms with Crippen molar-refractivity contribution < 1.29 is 4.79 Å². The molecule has 7 heteroatoms. The van der Waals surface area contributed by atoms with Crippen LogP contribution in [0.25, 0.3) is 0 Å². The maximum Gasteiger partial charge on any atom is 0.254 e. The number of hydrogen-bond donors (Lipinski definition) is 1. The minimum atomic E-state index is -0.119. The highest BCUT2D eigenvalue weighted by atomic mass is 16.2. The van der Waals surface area contributed by atoms with Gasteiger partial charge in [-0.1, -0.05) is 0 Å². The Bertz CT molecular complexity index is 726. The summed E-state index contributed by atoms with van der Waals surface area (Å²) in [7, 11) is 0. The summed E-state index contributed by atoms with van der Waals surface area (Å²) in [5.41, 5.74) is 0.669. The summed E-state index contributed by atoms with van der Waals surface area (Å²) in [4.78, 5) is 26.1. The molecular formula is C18H24N6O. The van der Waals surface area contributed by atoms with E-state index in [-0.39, 0.29) is 11.9 Å². The molecule has 0 spiro atoms. The number of pyridine rings is 1. The summed E-state index contributed by atoms with van der Waals surface area (Å²) in [6.07, 6.45) is 6.97. The van der Waals surface area contributed by atoms with Gasteiger partial charge in [0, 0.05) is 37.6 Å². The summed E-state index contributed by atoms with van der Waals surface area (Å²) in [6, 6.07) is 3.43. The van der Waals surface area contributed by atoms with Gasteiger partial charge in [-0.05, 0) is 50.8 Å². The molecule has 0 bridgehead atoms. The lowest BCUT2D eigenvalue weighted by Crippen LogP contribution is -2.39. The van der Waals surface area contributed by atoms with Crippen molar-refractivity contribution in [3.8, 4) is 0 Å². The molecule has 1 aliphatic carbocycles. The average Bonchev–Trinajstić information content (AvgIpc) is 3.39. The Hall–Kier alpha value is -2.28. The van der Waals surface area contributed by atoms with E-state index in [0.29, 0.717) is 11.4 Å². The van der Waals surface area contributed by atoms with Crippen molar-refractivity contribution in [1.29, 1.82) is 0 Å². The summed E-state index contributed by atoms with van der Waals surface area (Å²) in [5.74, 6) is 2.35. The van der Waals surface area contributed by atoms with E-state index in [1.165, 1.54) is 12.8 Å². The number of rotatable bonds is 4. The maximum absolute atomic E-state index is 13.1. The van der Waals surface area contributed by atoms with E-state index >= 15 is 0 Å². The molecule has 0 radical (unpaired) electrons. The predicted molar refractivity (Wildman–Crippen MR) is 92.9 cm³/mol. The number of aromatic amines is 1. The van der Waals surface area contributed by atoms with Gasteiger partial charge in [-0.2, -0.15) is 5.10 Å². The van der Waals surface area contributed by atoms with E-state index in [1.54, 1.807) is 24.5 Å². The Balaban J connectivity index is 1.61. The van der Waals surface area contributed by atoms with Crippen molar-refractivity contribution in [1.82, 2.24) is 30.0 Å². The second-order valence-corrected chi connectivity index (χ2v) is 7.09. The van der Waals surface area contributed by atoms with Gasteiger partial charge in [0.15, 0.2) is 5.82 Å². The zero-order valence-corrected chi connectivity index (χ0v) is 14.6. The average molecular weight is 340 g/mol. The van der Waals surface area contributed by atoms with Crippen LogP contribution in [0.15, 0.2) is 24.5 Å². The number of nitrogens with zero attached hydrogens (tertiary/aromatic N) is 5. The molecule has 3 heterocycles. The van der Waals surface area contributed by atoms with Gasteiger partial charge in [0.05, 0.1) is 0 Å². The fraction of sp³-hybridized carbons (Fsp3) is 0.556. The fourth-order valence-corrected chi connectivity index (χ4v) is 3.52. The molecule has 1 atom stereocenters. The van der Waals surface area contributed by atoms with Crippen LogP contribution in [0.2, 0.25) is 0 Å². The van der Waals surface area contributed by atoms with Crippen LogP contribution in [0.3, 0.4) is 0 Å². The fourth-order valence-electron chi connectivity index (χ4n) is 3.52. The van der Waals surface area contributed by atoms with Gasteiger partial charge >= 0.3 is 0 Å². The second kappa shape index (κ2) is 6.92. The molecule has 2 aromatic heterocycles. The van der Waals surface area contributed by atoms with Gasteiger partial charge in [0.2, 0.25) is 0 Å². The third-order valence-electron chi connectivity index (χ3n) is 4.99. The minimum Gasteiger partial charge on any atom is -0.327 e. The standard InChI is InChI=1S/C18H24N6O/c1-13-20-17(22-21-13)16-12-23(11-14-3-4-14)9-2-10-24(16)18(25)15-5-7-19-8-6-15/h5-8,14,16H,2-4,9-12H2,1H3,(H,20,21,22). The van der Waals surface area contributed by atoms with Crippen LogP contribution in [0.5, 0.6) is 0 Å². The summed E-state index contributed by atoms with van der Waals surface area (Å²) < 4.78 is 0. The molecule has 1 N–H and O–H groups in total. The first-order valence-electron chi connectivity index (χ1n) is 9.03. The predicted octanol–water partition coefficient (Wildman–Crippen LogP) is 1.81. The van der Waals surface area contributed by atoms with Gasteiger partial charge < -0.3 is 9.80 Å². The van der Waals surface area contributed by atoms with Crippen molar-refractivity contribution in [3.63, 3.8) is 0 Å². The van der Waals surface area contributed by atoms with E-state index in [2.05, 4.69) is 25.1 Å². The molecule has 1 unspecified atom stereocenters. The summed E-state index contributed by atoms with van der Waals surface area (Å²) >= 11 is 0. The van der Waals surface area contributed by atoms with Gasteiger partial charge in [-0.25, -0.2) is 4.98 Å². The molecular weight excluding hydrogens is 316 g/mol. The van der Waals surface area contributed by atoms with Crippen LogP contribution in [0.1, 0.15) is 47.3 Å². The largest absolute Gasteiger partial charge is 0.327 e. The number of hydrogen-bond acceptors (Lipinski definition) is 5. The number of nitrogens with one attached hydrogen (secondary N) is 1. The van der Waals surface area contributed by atoms with E-state index in [1.807, 2.05) is 11.8 Å². The lowest BCUT2D eigenvalue weighted by Gasteiger charge is -2.30. The molecule has 2 aromatic rings. The Kier molecular flexibility index (Phi) is 4.48. The van der Waals surface area contributed by atoms with E-state index < -0.39 is 0 Å². The molecule has 0 aromatic carbocycles. The first-order valence-corrected chi connectivity index (χ1v) is 9.03. The minimum absolute atomic E-state index is 0.0307. The maximum atomic E-state index is 13.1. The third-order valence-corrected chi connectivity index (χ3v) is 4.99. The Morgan fingerprint density at radius 2 is 2.08 bits per heavy atom. The molecule has 1 saturated carbocycles. The summed E-state index contributed by atoms with van der Waals surface area (Å²) in [5, 5.41) is 7.29. The molecule has 7 nitrogen and oxygen atoms in total. The normalized spacial score (nSPS) is 22.0. The SMILES string of the molecule is Cc1nc(C2CN(CC3CC3)CCCN2C(=O)c2ccncc2)n[nH]1. The lowest BCUT2D eigenvalue weighted by molar-refractivity contribution is 0.0664. The van der Waals surface area contributed by atoms with Gasteiger partial charge in [-0.3, -0.25) is 14.9 Å². The first kappa shape index (κ1) is 16.2. The molecule has 2 fully saturated rings. The molecule has 4 rings (SSSR count). The highest BCUT2D eigenvalue weighted by molar-refractivity contribution is 5.94. The topological polar surface area (TPSA) is 78.0 Å². The third kappa shape index (κ3) is 3.71. The van der Waals surface area contributed by atoms with Crippen molar-refractivity contribution in [2.24, 2.45) is 5.92 Å². The second-order valence-electron chi connectivity index (χ2n) is 7.09. The van der Waals surface area contributed by atoms with Crippen molar-refractivity contribution in [3.05, 3.63) is 41.7 Å². The van der Waals surface area contributed by atoms with Gasteiger partial charge in [0.25, 0.3) is 5.91 Å². The van der Waals surface area contributed by atoms with Crippen LogP contribution >= 0.6 is 0 Å². The quantitative estimate of drug-likeness (QED) is 0.918. The highest BCUT2D eigenvalue weighted by Gasteiger charge is 2.34. The van der Waals surface area contributed by atoms with Crippen molar-refractivity contribution in [2.45, 2.75) is 32.2 Å². The van der Waals surface area contributed by atoms with E-state index in [9.17, 15) is 4.79 Å². The Morgan fingerprint density at radius 1 is 1.28 bits per heavy atom. The number of carbonyl (C=O) groups is 1. The molecule has 2 aliphatic rings. The van der Waals surface area contributed by atoms with Crippen molar-refractivity contribution in [2.75, 3.05) is 26.2 Å². The molecule has 25 heavy (non-hydrogen) atoms. The summed E-state index contributed by atoms with van der Waals surface area (Å²) in [6.45, 7) is 5.56. The van der Waals surface area contributed by atoms with E-state index in [4.69, 9.17) is 0 Å². The van der Waals surface area contributed by atoms with Crippen LogP contribution in [0.4, 0.5) is 0 Å².